The number of sulfone groups is 1. The van der Waals surface area contributed by atoms with Crippen molar-refractivity contribution in [2.24, 2.45) is 4.99 Å². The number of benzene rings is 2. The molecule has 2 heterocycles. The van der Waals surface area contributed by atoms with Crippen LogP contribution in [0.5, 0.6) is 0 Å². The molecule has 2 aliphatic heterocycles. The first-order valence-corrected chi connectivity index (χ1v) is 11.8. The fourth-order valence-corrected chi connectivity index (χ4v) is 6.81. The second-order valence-electron chi connectivity index (χ2n) is 6.50. The Balaban J connectivity index is 1.63. The molecule has 0 amide bonds. The lowest BCUT2D eigenvalue weighted by Crippen LogP contribution is -2.39. The van der Waals surface area contributed by atoms with Crippen LogP contribution in [0, 0.1) is 5.82 Å². The predicted octanol–water partition coefficient (Wildman–Crippen LogP) is 4.41. The highest BCUT2D eigenvalue weighted by Crippen LogP contribution is 2.37. The van der Waals surface area contributed by atoms with Gasteiger partial charge in [-0.25, -0.2) is 12.8 Å². The second kappa shape index (κ2) is 7.28. The van der Waals surface area contributed by atoms with E-state index >= 15 is 0 Å². The average molecular weight is 445 g/mol. The molecular formula is C18H15Cl2FN2O2S2. The summed E-state index contributed by atoms with van der Waals surface area (Å²) >= 11 is 13.7. The number of anilines is 1. The van der Waals surface area contributed by atoms with E-state index in [1.807, 2.05) is 17.0 Å². The van der Waals surface area contributed by atoms with Crippen LogP contribution in [0.3, 0.4) is 0 Å². The minimum atomic E-state index is -3.11. The van der Waals surface area contributed by atoms with E-state index in [2.05, 4.69) is 4.99 Å². The molecular weight excluding hydrogens is 430 g/mol. The first kappa shape index (κ1) is 19.1. The molecule has 0 unspecified atom stereocenters. The van der Waals surface area contributed by atoms with Gasteiger partial charge in [-0.05, 0) is 35.9 Å². The molecule has 0 N–H and O–H groups in total. The quantitative estimate of drug-likeness (QED) is 0.703. The van der Waals surface area contributed by atoms with Gasteiger partial charge in [0.2, 0.25) is 0 Å². The highest BCUT2D eigenvalue weighted by atomic mass is 35.5. The summed E-state index contributed by atoms with van der Waals surface area (Å²) < 4.78 is 37.4. The van der Waals surface area contributed by atoms with Crippen molar-refractivity contribution < 1.29 is 12.8 Å². The Labute approximate surface area is 171 Å². The van der Waals surface area contributed by atoms with Crippen LogP contribution in [-0.2, 0) is 15.6 Å². The first-order chi connectivity index (χ1) is 12.8. The molecule has 1 saturated heterocycles. The number of hydrogen-bond acceptors (Lipinski definition) is 5. The van der Waals surface area contributed by atoms with Gasteiger partial charge in [-0.1, -0.05) is 47.1 Å². The molecule has 0 aliphatic carbocycles. The molecule has 1 fully saturated rings. The van der Waals surface area contributed by atoms with E-state index in [9.17, 15) is 12.8 Å². The summed E-state index contributed by atoms with van der Waals surface area (Å²) in [5, 5.41) is 1.66. The summed E-state index contributed by atoms with van der Waals surface area (Å²) in [6, 6.07) is 11.1. The van der Waals surface area contributed by atoms with E-state index in [0.717, 1.165) is 16.4 Å². The van der Waals surface area contributed by atoms with Gasteiger partial charge in [-0.15, -0.1) is 0 Å². The van der Waals surface area contributed by atoms with Crippen molar-refractivity contribution in [1.29, 1.82) is 0 Å². The van der Waals surface area contributed by atoms with Gasteiger partial charge in [0.05, 0.1) is 23.6 Å². The number of rotatable bonds is 3. The molecule has 2 aromatic carbocycles. The van der Waals surface area contributed by atoms with E-state index in [1.165, 1.54) is 23.9 Å². The number of nitrogens with zero attached hydrogens (tertiary/aromatic N) is 2. The summed E-state index contributed by atoms with van der Waals surface area (Å²) in [7, 11) is -3.11. The third-order valence-corrected chi connectivity index (χ3v) is 7.87. The van der Waals surface area contributed by atoms with Gasteiger partial charge < -0.3 is 4.90 Å². The van der Waals surface area contributed by atoms with Crippen LogP contribution in [0.15, 0.2) is 47.5 Å². The van der Waals surface area contributed by atoms with Crippen LogP contribution in [-0.4, -0.2) is 37.2 Å². The number of aliphatic imine (C=N–C) groups is 1. The van der Waals surface area contributed by atoms with E-state index in [-0.39, 0.29) is 29.4 Å². The Morgan fingerprint density at radius 1 is 1.19 bits per heavy atom. The number of fused-ring (bicyclic) bond motifs is 1. The zero-order chi connectivity index (χ0) is 19.2. The third-order valence-electron chi connectivity index (χ3n) is 4.57. The number of hydrogen-bond donors (Lipinski definition) is 0. The summed E-state index contributed by atoms with van der Waals surface area (Å²) in [5.74, 6) is 0.235. The Hall–Kier alpha value is -1.28. The Kier molecular flexibility index (Phi) is 5.14. The molecule has 2 atom stereocenters. The lowest BCUT2D eigenvalue weighted by molar-refractivity contribution is 0.601. The lowest BCUT2D eigenvalue weighted by Gasteiger charge is -2.26. The van der Waals surface area contributed by atoms with E-state index < -0.39 is 9.84 Å². The molecule has 0 bridgehead atoms. The van der Waals surface area contributed by atoms with Crippen LogP contribution in [0.4, 0.5) is 10.1 Å². The highest BCUT2D eigenvalue weighted by molar-refractivity contribution is 8.13. The monoisotopic (exact) mass is 444 g/mol. The molecule has 4 nitrogen and oxygen atoms in total. The minimum absolute atomic E-state index is 0.0517. The van der Waals surface area contributed by atoms with Gasteiger partial charge in [-0.2, -0.15) is 0 Å². The molecule has 0 spiro atoms. The van der Waals surface area contributed by atoms with Crippen molar-refractivity contribution in [1.82, 2.24) is 0 Å². The Morgan fingerprint density at radius 2 is 2.00 bits per heavy atom. The van der Waals surface area contributed by atoms with Crippen molar-refractivity contribution in [2.45, 2.75) is 17.8 Å². The van der Waals surface area contributed by atoms with Crippen molar-refractivity contribution >= 4 is 55.7 Å². The maximum absolute atomic E-state index is 13.2. The van der Waals surface area contributed by atoms with Crippen molar-refractivity contribution in [3.05, 3.63) is 63.9 Å². The third kappa shape index (κ3) is 3.97. The molecule has 4 rings (SSSR count). The summed E-state index contributed by atoms with van der Waals surface area (Å²) in [4.78, 5) is 6.61. The van der Waals surface area contributed by atoms with Gasteiger partial charge in [0.1, 0.15) is 5.82 Å². The average Bonchev–Trinajstić information content (AvgIpc) is 3.05. The Morgan fingerprint density at radius 3 is 2.74 bits per heavy atom. The molecule has 9 heteroatoms. The fourth-order valence-electron chi connectivity index (χ4n) is 3.34. The van der Waals surface area contributed by atoms with Gasteiger partial charge >= 0.3 is 0 Å². The minimum Gasteiger partial charge on any atom is -0.315 e. The predicted molar refractivity (Wildman–Crippen MR) is 110 cm³/mol. The highest BCUT2D eigenvalue weighted by Gasteiger charge is 2.47. The van der Waals surface area contributed by atoms with Crippen molar-refractivity contribution in [3.8, 4) is 0 Å². The molecule has 27 heavy (non-hydrogen) atoms. The van der Waals surface area contributed by atoms with Crippen LogP contribution < -0.4 is 4.90 Å². The standard InChI is InChI=1S/C18H15Cl2FN2O2S2/c19-12-2-1-3-14(6-12)23-17-10-27(24,25)9-16(17)22-18(23)26-8-11-4-5-13(21)7-15(11)20/h1-7,16-17H,8-10H2/t16-,17-/m1/s1. The fraction of sp³-hybridized carbons (Fsp3) is 0.278. The zero-order valence-corrected chi connectivity index (χ0v) is 17.1. The van der Waals surface area contributed by atoms with E-state index in [0.29, 0.717) is 15.8 Å². The summed E-state index contributed by atoms with van der Waals surface area (Å²) in [6.07, 6.45) is 0. The van der Waals surface area contributed by atoms with Crippen LogP contribution in [0.25, 0.3) is 0 Å². The molecule has 142 valence electrons. The molecule has 0 aromatic heterocycles. The SMILES string of the molecule is O=S1(=O)C[C@@H]2[C@@H](C1)N=C(SCc1ccc(F)cc1Cl)N2c1cccc(Cl)c1. The zero-order valence-electron chi connectivity index (χ0n) is 14.0. The van der Waals surface area contributed by atoms with Gasteiger partial charge in [0.25, 0.3) is 0 Å². The molecule has 0 radical (unpaired) electrons. The van der Waals surface area contributed by atoms with E-state index in [4.69, 9.17) is 23.2 Å². The lowest BCUT2D eigenvalue weighted by atomic mass is 10.1. The molecule has 2 aromatic rings. The maximum Gasteiger partial charge on any atom is 0.164 e. The summed E-state index contributed by atoms with van der Waals surface area (Å²) in [5.41, 5.74) is 1.60. The molecule has 0 saturated carbocycles. The van der Waals surface area contributed by atoms with Crippen molar-refractivity contribution in [3.63, 3.8) is 0 Å². The smallest absolute Gasteiger partial charge is 0.164 e. The second-order valence-corrected chi connectivity index (χ2v) is 10.4. The van der Waals surface area contributed by atoms with E-state index in [1.54, 1.807) is 18.2 Å². The number of thioether (sulfide) groups is 1. The topological polar surface area (TPSA) is 49.7 Å². The van der Waals surface area contributed by atoms with Crippen LogP contribution in [0.2, 0.25) is 10.0 Å². The van der Waals surface area contributed by atoms with Gasteiger partial charge in [0, 0.05) is 21.5 Å². The number of halogens is 3. The normalized spacial score (nSPS) is 23.4. The van der Waals surface area contributed by atoms with Crippen LogP contribution in [0.1, 0.15) is 5.56 Å². The first-order valence-electron chi connectivity index (χ1n) is 8.22. The van der Waals surface area contributed by atoms with Gasteiger partial charge in [0.15, 0.2) is 15.0 Å². The summed E-state index contributed by atoms with van der Waals surface area (Å²) in [6.45, 7) is 0. The van der Waals surface area contributed by atoms with Crippen LogP contribution >= 0.6 is 35.0 Å². The van der Waals surface area contributed by atoms with Gasteiger partial charge in [-0.3, -0.25) is 4.99 Å². The largest absolute Gasteiger partial charge is 0.315 e. The molecule has 2 aliphatic rings. The Bertz CT molecular complexity index is 1030. The maximum atomic E-state index is 13.2. The number of amidine groups is 1. The van der Waals surface area contributed by atoms with Crippen molar-refractivity contribution in [2.75, 3.05) is 16.4 Å².